The zero-order chi connectivity index (χ0) is 19.6. The molecule has 1 aliphatic rings. The van der Waals surface area contributed by atoms with Crippen LogP contribution in [0, 0.1) is 0 Å². The van der Waals surface area contributed by atoms with Gasteiger partial charge in [-0.2, -0.15) is 0 Å². The summed E-state index contributed by atoms with van der Waals surface area (Å²) in [4.78, 5) is 11.2. The summed E-state index contributed by atoms with van der Waals surface area (Å²) in [7, 11) is 1.80. The highest BCUT2D eigenvalue weighted by Gasteiger charge is 2.17. The molecule has 7 heteroatoms. The van der Waals surface area contributed by atoms with E-state index in [2.05, 4.69) is 74.9 Å². The predicted octanol–water partition coefficient (Wildman–Crippen LogP) is 3.22. The van der Waals surface area contributed by atoms with E-state index in [1.165, 1.54) is 5.56 Å². The summed E-state index contributed by atoms with van der Waals surface area (Å²) in [6.07, 6.45) is 4.33. The molecule has 2 N–H and O–H groups in total. The minimum atomic E-state index is 0. The molecule has 1 saturated heterocycles. The third-order valence-electron chi connectivity index (χ3n) is 4.84. The van der Waals surface area contributed by atoms with Gasteiger partial charge in [0.05, 0.1) is 12.7 Å². The first-order valence-corrected chi connectivity index (χ1v) is 10.0. The van der Waals surface area contributed by atoms with Gasteiger partial charge in [-0.05, 0) is 37.0 Å². The van der Waals surface area contributed by atoms with E-state index < -0.39 is 0 Å². The lowest BCUT2D eigenvalue weighted by molar-refractivity contribution is 0.0529. The third kappa shape index (κ3) is 7.81. The number of pyridine rings is 1. The number of hydrogen-bond donors (Lipinski definition) is 2. The number of hydrogen-bond acceptors (Lipinski definition) is 4. The average Bonchev–Trinajstić information content (AvgIpc) is 2.74. The molecule has 1 fully saturated rings. The van der Waals surface area contributed by atoms with E-state index in [1.807, 2.05) is 6.20 Å². The van der Waals surface area contributed by atoms with Crippen LogP contribution in [0.15, 0.2) is 53.7 Å². The molecule has 3 rings (SSSR count). The second kappa shape index (κ2) is 12.6. The molecule has 0 radical (unpaired) electrons. The molecular formula is C22H32IN5O. The van der Waals surface area contributed by atoms with Crippen molar-refractivity contribution in [1.29, 1.82) is 0 Å². The Bertz CT molecular complexity index is 739. The van der Waals surface area contributed by atoms with Crippen LogP contribution in [-0.4, -0.2) is 50.3 Å². The number of nitrogens with one attached hydrogen (secondary N) is 2. The molecule has 1 aliphatic heterocycles. The topological polar surface area (TPSA) is 61.8 Å². The maximum absolute atomic E-state index is 5.60. The lowest BCUT2D eigenvalue weighted by Gasteiger charge is -2.32. The molecule has 0 bridgehead atoms. The molecule has 1 unspecified atom stereocenters. The maximum atomic E-state index is 5.60. The number of aromatic nitrogens is 1. The lowest BCUT2D eigenvalue weighted by Crippen LogP contribution is -2.41. The van der Waals surface area contributed by atoms with Crippen LogP contribution in [0.5, 0.6) is 0 Å². The highest BCUT2D eigenvalue weighted by Crippen LogP contribution is 2.15. The van der Waals surface area contributed by atoms with Crippen LogP contribution in [0.4, 0.5) is 5.82 Å². The molecule has 0 spiro atoms. The summed E-state index contributed by atoms with van der Waals surface area (Å²) in [5, 5.41) is 6.73. The quantitative estimate of drug-likeness (QED) is 0.260. The monoisotopic (exact) mass is 509 g/mol. The number of aliphatic imine (C=N–C) groups is 1. The van der Waals surface area contributed by atoms with Gasteiger partial charge >= 0.3 is 0 Å². The van der Waals surface area contributed by atoms with Gasteiger partial charge in [-0.3, -0.25) is 4.99 Å². The number of nitrogens with zero attached hydrogens (tertiary/aromatic N) is 3. The zero-order valence-electron chi connectivity index (χ0n) is 17.3. The minimum Gasteiger partial charge on any atom is -0.375 e. The molecule has 2 heterocycles. The van der Waals surface area contributed by atoms with E-state index in [9.17, 15) is 0 Å². The Balaban J connectivity index is 0.00000300. The van der Waals surface area contributed by atoms with Crippen molar-refractivity contribution in [3.05, 3.63) is 59.8 Å². The van der Waals surface area contributed by atoms with Gasteiger partial charge in [0.2, 0.25) is 0 Å². The first kappa shape index (κ1) is 23.4. The standard InChI is InChI=1S/C22H31N5O.HI/c1-18-17-27(13-14-28-18)21-11-10-20(15-25-21)16-26-22(23-2)24-12-6-9-19-7-4-3-5-8-19;/h3-5,7-8,10-11,15,18H,6,9,12-14,16-17H2,1-2H3,(H2,23,24,26);1H. The second-order valence-corrected chi connectivity index (χ2v) is 7.09. The number of aryl methyl sites for hydroxylation is 1. The number of halogens is 1. The fraction of sp³-hybridized carbons (Fsp3) is 0.455. The molecule has 29 heavy (non-hydrogen) atoms. The number of ether oxygens (including phenoxy) is 1. The number of anilines is 1. The summed E-state index contributed by atoms with van der Waals surface area (Å²) >= 11 is 0. The Kier molecular flexibility index (Phi) is 10.2. The molecule has 0 saturated carbocycles. The summed E-state index contributed by atoms with van der Waals surface area (Å²) in [6.45, 7) is 6.24. The van der Waals surface area contributed by atoms with Crippen molar-refractivity contribution < 1.29 is 4.74 Å². The Morgan fingerprint density at radius 1 is 1.17 bits per heavy atom. The molecule has 2 aromatic rings. The number of morpholine rings is 1. The highest BCUT2D eigenvalue weighted by molar-refractivity contribution is 14.0. The molecule has 0 amide bonds. The van der Waals surface area contributed by atoms with E-state index in [1.54, 1.807) is 7.05 Å². The third-order valence-corrected chi connectivity index (χ3v) is 4.84. The van der Waals surface area contributed by atoms with Crippen molar-refractivity contribution in [2.24, 2.45) is 4.99 Å². The summed E-state index contributed by atoms with van der Waals surface area (Å²) in [6, 6.07) is 14.8. The van der Waals surface area contributed by atoms with Crippen LogP contribution in [0.1, 0.15) is 24.5 Å². The van der Waals surface area contributed by atoms with Gasteiger partial charge in [0.15, 0.2) is 5.96 Å². The zero-order valence-corrected chi connectivity index (χ0v) is 19.6. The SMILES string of the molecule is CN=C(NCCCc1ccccc1)NCc1ccc(N2CCOC(C)C2)nc1.I. The van der Waals surface area contributed by atoms with Crippen LogP contribution in [0.25, 0.3) is 0 Å². The van der Waals surface area contributed by atoms with E-state index in [-0.39, 0.29) is 30.1 Å². The minimum absolute atomic E-state index is 0. The van der Waals surface area contributed by atoms with Crippen LogP contribution in [0.2, 0.25) is 0 Å². The molecule has 6 nitrogen and oxygen atoms in total. The normalized spacial score (nSPS) is 16.8. The van der Waals surface area contributed by atoms with Crippen molar-refractivity contribution >= 4 is 35.8 Å². The first-order chi connectivity index (χ1) is 13.7. The highest BCUT2D eigenvalue weighted by atomic mass is 127. The fourth-order valence-corrected chi connectivity index (χ4v) is 3.29. The molecule has 1 aromatic carbocycles. The molecule has 158 valence electrons. The Labute approximate surface area is 191 Å². The average molecular weight is 509 g/mol. The predicted molar refractivity (Wildman–Crippen MR) is 130 cm³/mol. The van der Waals surface area contributed by atoms with Crippen molar-refractivity contribution in [2.75, 3.05) is 38.2 Å². The van der Waals surface area contributed by atoms with Crippen LogP contribution < -0.4 is 15.5 Å². The van der Waals surface area contributed by atoms with Gasteiger partial charge in [-0.1, -0.05) is 36.4 Å². The van der Waals surface area contributed by atoms with Crippen molar-refractivity contribution in [2.45, 2.75) is 32.4 Å². The summed E-state index contributed by atoms with van der Waals surface area (Å²) in [5.41, 5.74) is 2.50. The smallest absolute Gasteiger partial charge is 0.191 e. The first-order valence-electron chi connectivity index (χ1n) is 10.0. The van der Waals surface area contributed by atoms with Gasteiger partial charge in [0, 0.05) is 39.4 Å². The Morgan fingerprint density at radius 2 is 2.00 bits per heavy atom. The van der Waals surface area contributed by atoms with Gasteiger partial charge in [0.25, 0.3) is 0 Å². The van der Waals surface area contributed by atoms with E-state index in [0.29, 0.717) is 6.54 Å². The van der Waals surface area contributed by atoms with Gasteiger partial charge < -0.3 is 20.3 Å². The Hall–Kier alpha value is -1.87. The van der Waals surface area contributed by atoms with Gasteiger partial charge in [-0.15, -0.1) is 24.0 Å². The van der Waals surface area contributed by atoms with Crippen molar-refractivity contribution in [1.82, 2.24) is 15.6 Å². The maximum Gasteiger partial charge on any atom is 0.191 e. The molecule has 1 aromatic heterocycles. The van der Waals surface area contributed by atoms with Crippen molar-refractivity contribution in [3.8, 4) is 0 Å². The van der Waals surface area contributed by atoms with E-state index >= 15 is 0 Å². The Morgan fingerprint density at radius 3 is 2.69 bits per heavy atom. The number of guanidine groups is 1. The lowest BCUT2D eigenvalue weighted by atomic mass is 10.1. The van der Waals surface area contributed by atoms with Crippen LogP contribution in [0.3, 0.4) is 0 Å². The second-order valence-electron chi connectivity index (χ2n) is 7.09. The van der Waals surface area contributed by atoms with Crippen molar-refractivity contribution in [3.63, 3.8) is 0 Å². The number of rotatable bonds is 7. The number of benzene rings is 1. The molecular weight excluding hydrogens is 477 g/mol. The fourth-order valence-electron chi connectivity index (χ4n) is 3.29. The van der Waals surface area contributed by atoms with E-state index in [4.69, 9.17) is 4.74 Å². The van der Waals surface area contributed by atoms with Crippen LogP contribution >= 0.6 is 24.0 Å². The molecule has 1 atom stereocenters. The summed E-state index contributed by atoms with van der Waals surface area (Å²) in [5.74, 6) is 1.83. The summed E-state index contributed by atoms with van der Waals surface area (Å²) < 4.78 is 5.60. The van der Waals surface area contributed by atoms with E-state index in [0.717, 1.165) is 56.4 Å². The molecule has 0 aliphatic carbocycles. The van der Waals surface area contributed by atoms with Gasteiger partial charge in [-0.25, -0.2) is 4.98 Å². The van der Waals surface area contributed by atoms with Crippen LogP contribution in [-0.2, 0) is 17.7 Å². The van der Waals surface area contributed by atoms with Gasteiger partial charge in [0.1, 0.15) is 5.82 Å². The largest absolute Gasteiger partial charge is 0.375 e.